The van der Waals surface area contributed by atoms with Crippen molar-refractivity contribution in [1.29, 1.82) is 0 Å². The van der Waals surface area contributed by atoms with Crippen LogP contribution >= 0.6 is 0 Å². The van der Waals surface area contributed by atoms with Crippen LogP contribution in [0.3, 0.4) is 0 Å². The van der Waals surface area contributed by atoms with E-state index >= 15 is 0 Å². The van der Waals surface area contributed by atoms with Crippen molar-refractivity contribution in [2.24, 2.45) is 23.2 Å². The van der Waals surface area contributed by atoms with Gasteiger partial charge in [0.05, 0.1) is 0 Å². The molecule has 1 aromatic rings. The van der Waals surface area contributed by atoms with E-state index in [1.807, 2.05) is 0 Å². The zero-order valence-electron chi connectivity index (χ0n) is 20.2. The van der Waals surface area contributed by atoms with Crippen LogP contribution in [0.25, 0.3) is 0 Å². The Labute approximate surface area is 193 Å². The van der Waals surface area contributed by atoms with Gasteiger partial charge in [-0.15, -0.1) is 13.2 Å². The predicted molar refractivity (Wildman–Crippen MR) is 126 cm³/mol. The van der Waals surface area contributed by atoms with Gasteiger partial charge in [-0.05, 0) is 79.4 Å². The number of aryl methyl sites for hydroxylation is 1. The van der Waals surface area contributed by atoms with Crippen LogP contribution in [0.2, 0.25) is 0 Å². The Balaban J connectivity index is 1.38. The number of halogens is 3. The fraction of sp³-hybridized carbons (Fsp3) is 0.786. The van der Waals surface area contributed by atoms with Crippen LogP contribution in [0.15, 0.2) is 24.3 Å². The molecule has 2 fully saturated rings. The number of rotatable bonds is 10. The molecule has 1 unspecified atom stereocenters. The molecule has 4 heteroatoms. The lowest BCUT2D eigenvalue weighted by Gasteiger charge is -2.50. The lowest BCUT2D eigenvalue weighted by Crippen LogP contribution is -2.40. The van der Waals surface area contributed by atoms with Gasteiger partial charge in [0.1, 0.15) is 5.75 Å². The van der Waals surface area contributed by atoms with Gasteiger partial charge in [-0.25, -0.2) is 0 Å². The molecule has 0 aliphatic heterocycles. The number of hydrogen-bond donors (Lipinski definition) is 0. The molecule has 0 spiro atoms. The third-order valence-corrected chi connectivity index (χ3v) is 8.63. The van der Waals surface area contributed by atoms with Gasteiger partial charge < -0.3 is 4.74 Å². The fourth-order valence-corrected chi connectivity index (χ4v) is 6.88. The van der Waals surface area contributed by atoms with E-state index < -0.39 is 6.36 Å². The minimum absolute atomic E-state index is 0.137. The quantitative estimate of drug-likeness (QED) is 0.321. The highest BCUT2D eigenvalue weighted by Crippen LogP contribution is 2.54. The highest BCUT2D eigenvalue weighted by molar-refractivity contribution is 5.27. The number of alkyl halides is 3. The first-order valence-corrected chi connectivity index (χ1v) is 13.2. The molecule has 2 saturated carbocycles. The van der Waals surface area contributed by atoms with E-state index in [1.54, 1.807) is 12.1 Å². The summed E-state index contributed by atoms with van der Waals surface area (Å²) in [5.74, 6) is 2.55. The van der Waals surface area contributed by atoms with E-state index in [0.717, 1.165) is 36.2 Å². The molecule has 0 N–H and O–H groups in total. The first-order chi connectivity index (χ1) is 15.3. The Kier molecular flexibility index (Phi) is 9.37. The maximum absolute atomic E-state index is 12.3. The molecule has 0 radical (unpaired) electrons. The Morgan fingerprint density at radius 3 is 2.22 bits per heavy atom. The smallest absolute Gasteiger partial charge is 0.406 e. The minimum Gasteiger partial charge on any atom is -0.406 e. The van der Waals surface area contributed by atoms with E-state index in [-0.39, 0.29) is 5.75 Å². The standard InChI is InChI=1S/C28H43F3O/c1-3-9-22(2)27(20-7-4-8-21-27)25-16-12-23(13-17-25)10-5-6-11-24-14-18-26(19-15-24)32-28(29,30)31/h14-15,18-19,22-23,25H,3-13,16-17,20-21H2,1-2H3. The van der Waals surface area contributed by atoms with Gasteiger partial charge in [0, 0.05) is 0 Å². The van der Waals surface area contributed by atoms with Gasteiger partial charge in [-0.2, -0.15) is 0 Å². The van der Waals surface area contributed by atoms with Crippen molar-refractivity contribution < 1.29 is 17.9 Å². The van der Waals surface area contributed by atoms with Crippen molar-refractivity contribution in [2.45, 2.75) is 117 Å². The third-order valence-electron chi connectivity index (χ3n) is 8.63. The second-order valence-corrected chi connectivity index (χ2v) is 10.6. The summed E-state index contributed by atoms with van der Waals surface area (Å²) in [6.07, 6.45) is 15.6. The van der Waals surface area contributed by atoms with E-state index in [9.17, 15) is 13.2 Å². The highest BCUT2D eigenvalue weighted by atomic mass is 19.4. The van der Waals surface area contributed by atoms with Gasteiger partial charge >= 0.3 is 6.36 Å². The van der Waals surface area contributed by atoms with Crippen LogP contribution in [-0.4, -0.2) is 6.36 Å². The van der Waals surface area contributed by atoms with Crippen LogP contribution in [0.1, 0.15) is 109 Å². The molecule has 0 saturated heterocycles. The molecule has 2 aliphatic rings. The molecular weight excluding hydrogens is 409 g/mol. The summed E-state index contributed by atoms with van der Waals surface area (Å²) in [6.45, 7) is 4.89. The number of hydrogen-bond acceptors (Lipinski definition) is 1. The van der Waals surface area contributed by atoms with Gasteiger partial charge in [-0.1, -0.05) is 83.8 Å². The molecule has 2 aliphatic carbocycles. The first kappa shape index (κ1) is 25.4. The van der Waals surface area contributed by atoms with Gasteiger partial charge in [0.15, 0.2) is 0 Å². The van der Waals surface area contributed by atoms with Gasteiger partial charge in [-0.3, -0.25) is 0 Å². The van der Waals surface area contributed by atoms with Crippen molar-refractivity contribution in [1.82, 2.24) is 0 Å². The Hall–Kier alpha value is -1.19. The zero-order valence-corrected chi connectivity index (χ0v) is 20.2. The molecule has 182 valence electrons. The summed E-state index contributed by atoms with van der Waals surface area (Å²) in [5.41, 5.74) is 1.72. The zero-order chi connectivity index (χ0) is 23.0. The molecule has 1 aromatic carbocycles. The molecule has 0 bridgehead atoms. The van der Waals surface area contributed by atoms with E-state index in [4.69, 9.17) is 0 Å². The maximum atomic E-state index is 12.3. The molecule has 32 heavy (non-hydrogen) atoms. The van der Waals surface area contributed by atoms with Crippen LogP contribution in [0, 0.1) is 23.2 Å². The van der Waals surface area contributed by atoms with Crippen molar-refractivity contribution in [3.63, 3.8) is 0 Å². The van der Waals surface area contributed by atoms with E-state index in [0.29, 0.717) is 5.41 Å². The molecule has 0 heterocycles. The molecule has 0 amide bonds. The summed E-state index contributed by atoms with van der Waals surface area (Å²) in [6, 6.07) is 6.36. The van der Waals surface area contributed by atoms with Crippen molar-refractivity contribution >= 4 is 0 Å². The molecule has 1 atom stereocenters. The van der Waals surface area contributed by atoms with Gasteiger partial charge in [0.2, 0.25) is 0 Å². The number of ether oxygens (including phenoxy) is 1. The number of benzene rings is 1. The first-order valence-electron chi connectivity index (χ1n) is 13.2. The highest BCUT2D eigenvalue weighted by Gasteiger charge is 2.44. The summed E-state index contributed by atoms with van der Waals surface area (Å²) in [4.78, 5) is 0. The van der Waals surface area contributed by atoms with Crippen LogP contribution in [0.4, 0.5) is 13.2 Å². The lowest BCUT2D eigenvalue weighted by molar-refractivity contribution is -0.274. The Morgan fingerprint density at radius 2 is 1.62 bits per heavy atom. The van der Waals surface area contributed by atoms with E-state index in [2.05, 4.69) is 18.6 Å². The average molecular weight is 453 g/mol. The van der Waals surface area contributed by atoms with Crippen LogP contribution < -0.4 is 4.74 Å². The van der Waals surface area contributed by atoms with Crippen molar-refractivity contribution in [3.05, 3.63) is 29.8 Å². The van der Waals surface area contributed by atoms with Crippen molar-refractivity contribution in [3.8, 4) is 5.75 Å². The summed E-state index contributed by atoms with van der Waals surface area (Å²) < 4.78 is 40.8. The maximum Gasteiger partial charge on any atom is 0.573 e. The minimum atomic E-state index is -4.62. The van der Waals surface area contributed by atoms with Gasteiger partial charge in [0.25, 0.3) is 0 Å². The predicted octanol–water partition coefficient (Wildman–Crippen LogP) is 9.49. The molecule has 1 nitrogen and oxygen atoms in total. The summed E-state index contributed by atoms with van der Waals surface area (Å²) in [5, 5.41) is 0. The SMILES string of the molecule is CCCC(C)C1(C2CCC(CCCCc3ccc(OC(F)(F)F)cc3)CC2)CCCCC1. The monoisotopic (exact) mass is 452 g/mol. The Bertz CT molecular complexity index is 652. The summed E-state index contributed by atoms with van der Waals surface area (Å²) in [7, 11) is 0. The third kappa shape index (κ3) is 7.15. The Morgan fingerprint density at radius 1 is 0.969 bits per heavy atom. The molecule has 3 rings (SSSR count). The lowest BCUT2D eigenvalue weighted by atomic mass is 9.55. The summed E-state index contributed by atoms with van der Waals surface area (Å²) >= 11 is 0. The second-order valence-electron chi connectivity index (χ2n) is 10.6. The van der Waals surface area contributed by atoms with Crippen molar-refractivity contribution in [2.75, 3.05) is 0 Å². The molecule has 0 aromatic heterocycles. The number of unbranched alkanes of at least 4 members (excludes halogenated alkanes) is 1. The molecular formula is C28H43F3O. The largest absolute Gasteiger partial charge is 0.573 e. The van der Waals surface area contributed by atoms with Crippen LogP contribution in [0.5, 0.6) is 5.75 Å². The topological polar surface area (TPSA) is 9.23 Å². The second kappa shape index (κ2) is 11.8. The normalized spacial score (nSPS) is 24.8. The van der Waals surface area contributed by atoms with E-state index in [1.165, 1.54) is 95.6 Å². The fourth-order valence-electron chi connectivity index (χ4n) is 6.88. The van der Waals surface area contributed by atoms with Crippen LogP contribution in [-0.2, 0) is 6.42 Å². The average Bonchev–Trinajstić information content (AvgIpc) is 2.78.